The number of carboxylic acid groups (broad SMARTS) is 1. The number of amides is 1. The molecule has 0 radical (unpaired) electrons. The van der Waals surface area contributed by atoms with Crippen molar-refractivity contribution >= 4 is 29.3 Å². The van der Waals surface area contributed by atoms with Crippen LogP contribution in [0.3, 0.4) is 0 Å². The maximum absolute atomic E-state index is 12.5. The molecular weight excluding hydrogens is 298 g/mol. The van der Waals surface area contributed by atoms with Crippen LogP contribution in [0, 0.1) is 11.8 Å². The fourth-order valence-electron chi connectivity index (χ4n) is 2.81. The summed E-state index contributed by atoms with van der Waals surface area (Å²) in [5, 5.41) is 12.6. The Morgan fingerprint density at radius 1 is 1.23 bits per heavy atom. The number of para-hydroxylation sites is 1. The average molecular weight is 321 g/mol. The molecule has 2 rings (SSSR count). The number of carbonyl (C=O) groups excluding carboxylic acids is 1. The van der Waals surface area contributed by atoms with Crippen LogP contribution in [0.15, 0.2) is 29.2 Å². The normalized spacial score (nSPS) is 21.6. The highest BCUT2D eigenvalue weighted by molar-refractivity contribution is 8.00. The third kappa shape index (κ3) is 4.50. The van der Waals surface area contributed by atoms with Crippen molar-refractivity contribution in [1.29, 1.82) is 0 Å². The van der Waals surface area contributed by atoms with Gasteiger partial charge in [0.25, 0.3) is 0 Å². The zero-order valence-electron chi connectivity index (χ0n) is 13.0. The maximum Gasteiger partial charge on any atom is 0.306 e. The minimum atomic E-state index is -0.784. The Balaban J connectivity index is 2.04. The van der Waals surface area contributed by atoms with Gasteiger partial charge in [0.1, 0.15) is 0 Å². The van der Waals surface area contributed by atoms with E-state index >= 15 is 0 Å². The lowest BCUT2D eigenvalue weighted by molar-refractivity contribution is -0.143. The average Bonchev–Trinajstić information content (AvgIpc) is 2.49. The second kappa shape index (κ2) is 7.68. The van der Waals surface area contributed by atoms with Gasteiger partial charge in [0.2, 0.25) is 5.91 Å². The molecule has 2 N–H and O–H groups in total. The number of hydrogen-bond acceptors (Lipinski definition) is 3. The van der Waals surface area contributed by atoms with Crippen molar-refractivity contribution in [2.75, 3.05) is 5.32 Å². The predicted molar refractivity (Wildman–Crippen MR) is 89.1 cm³/mol. The summed E-state index contributed by atoms with van der Waals surface area (Å²) in [6.07, 6.45) is 2.70. The van der Waals surface area contributed by atoms with Crippen molar-refractivity contribution in [1.82, 2.24) is 0 Å². The SMILES string of the molecule is CC(C)Sc1ccccc1NC(=O)C1CCCC(C(=O)O)C1. The summed E-state index contributed by atoms with van der Waals surface area (Å²) in [5.41, 5.74) is 0.823. The molecule has 0 heterocycles. The highest BCUT2D eigenvalue weighted by Gasteiger charge is 2.31. The number of nitrogens with one attached hydrogen (secondary N) is 1. The number of carbonyl (C=O) groups is 2. The smallest absolute Gasteiger partial charge is 0.306 e. The van der Waals surface area contributed by atoms with Crippen LogP contribution in [-0.4, -0.2) is 22.2 Å². The molecule has 4 nitrogen and oxygen atoms in total. The molecule has 0 saturated heterocycles. The number of aliphatic carboxylic acids is 1. The van der Waals surface area contributed by atoms with Crippen LogP contribution >= 0.6 is 11.8 Å². The van der Waals surface area contributed by atoms with E-state index in [4.69, 9.17) is 5.11 Å². The van der Waals surface area contributed by atoms with E-state index in [-0.39, 0.29) is 17.7 Å². The Morgan fingerprint density at radius 3 is 2.59 bits per heavy atom. The van der Waals surface area contributed by atoms with Crippen molar-refractivity contribution < 1.29 is 14.7 Å². The number of benzene rings is 1. The molecule has 22 heavy (non-hydrogen) atoms. The Kier molecular flexibility index (Phi) is 5.89. The summed E-state index contributed by atoms with van der Waals surface area (Å²) in [7, 11) is 0. The molecular formula is C17H23NO3S. The summed E-state index contributed by atoms with van der Waals surface area (Å²) in [4.78, 5) is 24.6. The summed E-state index contributed by atoms with van der Waals surface area (Å²) >= 11 is 1.71. The Bertz CT molecular complexity index is 544. The number of thioether (sulfide) groups is 1. The largest absolute Gasteiger partial charge is 0.481 e. The first kappa shape index (κ1) is 16.9. The van der Waals surface area contributed by atoms with Crippen LogP contribution in [0.4, 0.5) is 5.69 Å². The van der Waals surface area contributed by atoms with Gasteiger partial charge >= 0.3 is 5.97 Å². The fraction of sp³-hybridized carbons (Fsp3) is 0.529. The van der Waals surface area contributed by atoms with Crippen LogP contribution < -0.4 is 5.32 Å². The van der Waals surface area contributed by atoms with Gasteiger partial charge in [-0.25, -0.2) is 0 Å². The van der Waals surface area contributed by atoms with E-state index in [1.165, 1.54) is 0 Å². The summed E-state index contributed by atoms with van der Waals surface area (Å²) in [6, 6.07) is 7.77. The zero-order chi connectivity index (χ0) is 16.1. The molecule has 5 heteroatoms. The summed E-state index contributed by atoms with van der Waals surface area (Å²) in [6.45, 7) is 4.23. The molecule has 1 amide bonds. The minimum absolute atomic E-state index is 0.0530. The fourth-order valence-corrected chi connectivity index (χ4v) is 3.72. The highest BCUT2D eigenvalue weighted by atomic mass is 32.2. The van der Waals surface area contributed by atoms with Crippen molar-refractivity contribution in [3.8, 4) is 0 Å². The van der Waals surface area contributed by atoms with Crippen LogP contribution in [0.2, 0.25) is 0 Å². The topological polar surface area (TPSA) is 66.4 Å². The van der Waals surface area contributed by atoms with E-state index in [2.05, 4.69) is 19.2 Å². The van der Waals surface area contributed by atoms with E-state index in [9.17, 15) is 9.59 Å². The van der Waals surface area contributed by atoms with E-state index < -0.39 is 5.97 Å². The maximum atomic E-state index is 12.5. The van der Waals surface area contributed by atoms with Gasteiger partial charge in [-0.05, 0) is 31.4 Å². The first-order valence-corrected chi connectivity index (χ1v) is 8.64. The molecule has 2 atom stereocenters. The highest BCUT2D eigenvalue weighted by Crippen LogP contribution is 2.33. The molecule has 0 bridgehead atoms. The first-order chi connectivity index (χ1) is 10.5. The quantitative estimate of drug-likeness (QED) is 0.804. The summed E-state index contributed by atoms with van der Waals surface area (Å²) < 4.78 is 0. The monoisotopic (exact) mass is 321 g/mol. The third-order valence-electron chi connectivity index (χ3n) is 3.90. The van der Waals surface area contributed by atoms with Gasteiger partial charge in [-0.15, -0.1) is 11.8 Å². The Morgan fingerprint density at radius 2 is 1.91 bits per heavy atom. The van der Waals surface area contributed by atoms with Crippen molar-refractivity contribution in [3.63, 3.8) is 0 Å². The molecule has 1 aliphatic rings. The molecule has 0 aromatic heterocycles. The number of rotatable bonds is 5. The molecule has 1 aromatic carbocycles. The predicted octanol–water partition coefficient (Wildman–Crippen LogP) is 4.02. The van der Waals surface area contributed by atoms with Crippen molar-refractivity contribution in [2.24, 2.45) is 11.8 Å². The van der Waals surface area contributed by atoms with Gasteiger partial charge in [0.05, 0.1) is 11.6 Å². The van der Waals surface area contributed by atoms with Crippen molar-refractivity contribution in [3.05, 3.63) is 24.3 Å². The van der Waals surface area contributed by atoms with Crippen LogP contribution in [0.1, 0.15) is 39.5 Å². The zero-order valence-corrected chi connectivity index (χ0v) is 13.9. The lowest BCUT2D eigenvalue weighted by atomic mass is 9.81. The van der Waals surface area contributed by atoms with Gasteiger partial charge in [0, 0.05) is 16.1 Å². The lowest BCUT2D eigenvalue weighted by Gasteiger charge is -2.26. The van der Waals surface area contributed by atoms with Gasteiger partial charge in [-0.1, -0.05) is 32.4 Å². The molecule has 1 aromatic rings. The lowest BCUT2D eigenvalue weighted by Crippen LogP contribution is -2.31. The van der Waals surface area contributed by atoms with Gasteiger partial charge in [-0.2, -0.15) is 0 Å². The van der Waals surface area contributed by atoms with Crippen LogP contribution in [0.25, 0.3) is 0 Å². The van der Waals surface area contributed by atoms with Gasteiger partial charge in [-0.3, -0.25) is 9.59 Å². The third-order valence-corrected chi connectivity index (χ3v) is 4.98. The van der Waals surface area contributed by atoms with Gasteiger partial charge in [0.15, 0.2) is 0 Å². The van der Waals surface area contributed by atoms with Crippen LogP contribution in [-0.2, 0) is 9.59 Å². The van der Waals surface area contributed by atoms with E-state index in [0.717, 1.165) is 23.4 Å². The van der Waals surface area contributed by atoms with Crippen molar-refractivity contribution in [2.45, 2.75) is 49.7 Å². The molecule has 1 fully saturated rings. The van der Waals surface area contributed by atoms with Gasteiger partial charge < -0.3 is 10.4 Å². The second-order valence-corrected chi connectivity index (χ2v) is 7.67. The number of carboxylic acids is 1. The molecule has 0 aliphatic heterocycles. The molecule has 1 aliphatic carbocycles. The minimum Gasteiger partial charge on any atom is -0.481 e. The Hall–Kier alpha value is -1.49. The van der Waals surface area contributed by atoms with Crippen LogP contribution in [0.5, 0.6) is 0 Å². The molecule has 120 valence electrons. The summed E-state index contributed by atoms with van der Waals surface area (Å²) in [5.74, 6) is -1.42. The molecule has 1 saturated carbocycles. The second-order valence-electron chi connectivity index (χ2n) is 6.05. The number of anilines is 1. The number of hydrogen-bond donors (Lipinski definition) is 2. The van der Waals surface area contributed by atoms with E-state index in [1.807, 2.05) is 24.3 Å². The molecule has 2 unspecified atom stereocenters. The standard InChI is InChI=1S/C17H23NO3S/c1-11(2)22-15-9-4-3-8-14(15)18-16(19)12-6-5-7-13(10-12)17(20)21/h3-4,8-9,11-13H,5-7,10H2,1-2H3,(H,18,19)(H,20,21). The Labute approximate surface area is 135 Å². The first-order valence-electron chi connectivity index (χ1n) is 7.76. The van der Waals surface area contributed by atoms with E-state index in [0.29, 0.717) is 18.1 Å². The van der Waals surface area contributed by atoms with E-state index in [1.54, 1.807) is 11.8 Å². The molecule has 0 spiro atoms.